The Morgan fingerprint density at radius 2 is 1.57 bits per heavy atom. The third-order valence-corrected chi connectivity index (χ3v) is 5.00. The molecule has 3 aromatic rings. The van der Waals surface area contributed by atoms with Crippen LogP contribution < -0.4 is 10.6 Å². The summed E-state index contributed by atoms with van der Waals surface area (Å²) in [5.74, 6) is -0.464. The number of imide groups is 1. The normalized spacial score (nSPS) is 13.3. The molecular weight excluding hydrogens is 378 g/mol. The Morgan fingerprint density at radius 3 is 2.27 bits per heavy atom. The first kappa shape index (κ1) is 19.4. The van der Waals surface area contributed by atoms with E-state index in [4.69, 9.17) is 0 Å². The first-order chi connectivity index (χ1) is 14.6. The molecule has 4 rings (SSSR count). The molecule has 3 aromatic carbocycles. The number of benzene rings is 3. The molecule has 0 atom stereocenters. The van der Waals surface area contributed by atoms with Crippen LogP contribution in [0, 0.1) is 0 Å². The smallest absolute Gasteiger partial charge is 0.324 e. The highest BCUT2D eigenvalue weighted by molar-refractivity contribution is 6.05. The van der Waals surface area contributed by atoms with E-state index in [1.165, 1.54) is 5.56 Å². The van der Waals surface area contributed by atoms with Crippen LogP contribution in [-0.4, -0.2) is 29.3 Å². The third kappa shape index (κ3) is 4.38. The Kier molecular flexibility index (Phi) is 5.57. The monoisotopic (exact) mass is 399 g/mol. The Hall–Kier alpha value is -3.93. The quantitative estimate of drug-likeness (QED) is 0.622. The van der Waals surface area contributed by atoms with Gasteiger partial charge in [-0.2, -0.15) is 0 Å². The number of nitrogens with one attached hydrogen (secondary N) is 2. The SMILES string of the molecule is O=C(Nc1ccccc1Cc1ccccc1)c1ccc(CN2C(=O)CNC2=O)cc1. The maximum absolute atomic E-state index is 12.7. The van der Waals surface area contributed by atoms with E-state index in [0.29, 0.717) is 5.56 Å². The highest BCUT2D eigenvalue weighted by Gasteiger charge is 2.28. The van der Waals surface area contributed by atoms with Gasteiger partial charge in [-0.3, -0.25) is 14.5 Å². The Bertz CT molecular complexity index is 1060. The maximum Gasteiger partial charge on any atom is 0.324 e. The minimum atomic E-state index is -0.392. The largest absolute Gasteiger partial charge is 0.329 e. The highest BCUT2D eigenvalue weighted by atomic mass is 16.2. The average molecular weight is 399 g/mol. The van der Waals surface area contributed by atoms with Gasteiger partial charge < -0.3 is 10.6 Å². The summed E-state index contributed by atoms with van der Waals surface area (Å²) in [5, 5.41) is 5.48. The number of carbonyl (C=O) groups is 3. The van der Waals surface area contributed by atoms with E-state index in [1.807, 2.05) is 42.5 Å². The van der Waals surface area contributed by atoms with Crippen LogP contribution in [0.2, 0.25) is 0 Å². The molecule has 6 nitrogen and oxygen atoms in total. The molecule has 0 bridgehead atoms. The molecule has 0 aromatic heterocycles. The summed E-state index contributed by atoms with van der Waals surface area (Å²) in [6, 6.07) is 24.3. The zero-order valence-corrected chi connectivity index (χ0v) is 16.3. The number of para-hydroxylation sites is 1. The van der Waals surface area contributed by atoms with Crippen LogP contribution in [0.5, 0.6) is 0 Å². The zero-order chi connectivity index (χ0) is 20.9. The fourth-order valence-corrected chi connectivity index (χ4v) is 3.37. The number of rotatable bonds is 6. The Balaban J connectivity index is 1.44. The third-order valence-electron chi connectivity index (χ3n) is 5.00. The lowest BCUT2D eigenvalue weighted by atomic mass is 10.0. The topological polar surface area (TPSA) is 78.5 Å². The minimum absolute atomic E-state index is 0.0295. The highest BCUT2D eigenvalue weighted by Crippen LogP contribution is 2.20. The molecule has 0 aliphatic carbocycles. The van der Waals surface area contributed by atoms with Crippen LogP contribution in [0.4, 0.5) is 10.5 Å². The van der Waals surface area contributed by atoms with E-state index < -0.39 is 6.03 Å². The van der Waals surface area contributed by atoms with Crippen LogP contribution in [0.3, 0.4) is 0 Å². The van der Waals surface area contributed by atoms with Crippen molar-refractivity contribution in [3.8, 4) is 0 Å². The number of anilines is 1. The van der Waals surface area contributed by atoms with E-state index in [9.17, 15) is 14.4 Å². The Morgan fingerprint density at radius 1 is 0.867 bits per heavy atom. The van der Waals surface area contributed by atoms with Crippen molar-refractivity contribution >= 4 is 23.5 Å². The van der Waals surface area contributed by atoms with Crippen molar-refractivity contribution in [2.24, 2.45) is 0 Å². The lowest BCUT2D eigenvalue weighted by molar-refractivity contribution is -0.125. The van der Waals surface area contributed by atoms with E-state index in [0.717, 1.165) is 28.1 Å². The van der Waals surface area contributed by atoms with Crippen molar-refractivity contribution in [3.05, 3.63) is 101 Å². The molecule has 0 spiro atoms. The molecule has 0 unspecified atom stereocenters. The van der Waals surface area contributed by atoms with E-state index in [1.54, 1.807) is 24.3 Å². The van der Waals surface area contributed by atoms with Gasteiger partial charge in [-0.05, 0) is 41.3 Å². The van der Waals surface area contributed by atoms with Crippen LogP contribution >= 0.6 is 0 Å². The number of carbonyl (C=O) groups excluding carboxylic acids is 3. The summed E-state index contributed by atoms with van der Waals surface area (Å²) >= 11 is 0. The zero-order valence-electron chi connectivity index (χ0n) is 16.3. The van der Waals surface area contributed by atoms with E-state index >= 15 is 0 Å². The van der Waals surface area contributed by atoms with Gasteiger partial charge in [0.25, 0.3) is 5.91 Å². The standard InChI is InChI=1S/C24H21N3O3/c28-22-15-25-24(30)27(22)16-18-10-12-19(13-11-18)23(29)26-21-9-5-4-8-20(21)14-17-6-2-1-3-7-17/h1-13H,14-16H2,(H,25,30)(H,26,29). The molecule has 2 N–H and O–H groups in total. The summed E-state index contributed by atoms with van der Waals surface area (Å²) in [5.41, 5.74) is 4.26. The first-order valence-corrected chi connectivity index (χ1v) is 9.70. The molecule has 1 heterocycles. The van der Waals surface area contributed by atoms with E-state index in [-0.39, 0.29) is 24.9 Å². The molecular formula is C24H21N3O3. The number of urea groups is 1. The minimum Gasteiger partial charge on any atom is -0.329 e. The van der Waals surface area contributed by atoms with Crippen LogP contribution in [0.25, 0.3) is 0 Å². The molecule has 1 aliphatic heterocycles. The summed E-state index contributed by atoms with van der Waals surface area (Å²) in [6.07, 6.45) is 0.724. The van der Waals surface area contributed by atoms with Gasteiger partial charge in [-0.1, -0.05) is 60.7 Å². The van der Waals surface area contributed by atoms with Crippen molar-refractivity contribution in [1.82, 2.24) is 10.2 Å². The molecule has 4 amide bonds. The second kappa shape index (κ2) is 8.61. The van der Waals surface area contributed by atoms with Crippen LogP contribution in [-0.2, 0) is 17.8 Å². The predicted molar refractivity (Wildman–Crippen MR) is 114 cm³/mol. The molecule has 0 radical (unpaired) electrons. The summed E-state index contributed by atoms with van der Waals surface area (Å²) in [4.78, 5) is 37.3. The first-order valence-electron chi connectivity index (χ1n) is 9.70. The van der Waals surface area contributed by atoms with Gasteiger partial charge in [-0.25, -0.2) is 4.79 Å². The molecule has 30 heavy (non-hydrogen) atoms. The van der Waals surface area contributed by atoms with Crippen LogP contribution in [0.1, 0.15) is 27.0 Å². The van der Waals surface area contributed by atoms with Gasteiger partial charge in [0.1, 0.15) is 0 Å². The van der Waals surface area contributed by atoms with Gasteiger partial charge in [0, 0.05) is 11.3 Å². The molecule has 6 heteroatoms. The van der Waals surface area contributed by atoms with Gasteiger partial charge in [0.15, 0.2) is 0 Å². The second-order valence-electron chi connectivity index (χ2n) is 7.11. The van der Waals surface area contributed by atoms with Gasteiger partial charge in [-0.15, -0.1) is 0 Å². The Labute approximate surface area is 174 Å². The summed E-state index contributed by atoms with van der Waals surface area (Å²) < 4.78 is 0. The number of nitrogens with zero attached hydrogens (tertiary/aromatic N) is 1. The lowest BCUT2D eigenvalue weighted by Gasteiger charge is -2.13. The van der Waals surface area contributed by atoms with Crippen molar-refractivity contribution in [3.63, 3.8) is 0 Å². The molecule has 1 aliphatic rings. The average Bonchev–Trinajstić information content (AvgIpc) is 3.08. The van der Waals surface area contributed by atoms with Gasteiger partial charge in [0.05, 0.1) is 13.1 Å². The predicted octanol–water partition coefficient (Wildman–Crippen LogP) is 3.58. The van der Waals surface area contributed by atoms with Gasteiger partial charge in [0.2, 0.25) is 5.91 Å². The second-order valence-corrected chi connectivity index (χ2v) is 7.11. The number of hydrogen-bond donors (Lipinski definition) is 2. The fourth-order valence-electron chi connectivity index (χ4n) is 3.37. The van der Waals surface area contributed by atoms with Crippen LogP contribution in [0.15, 0.2) is 78.9 Å². The molecule has 1 saturated heterocycles. The van der Waals surface area contributed by atoms with Crippen molar-refractivity contribution in [1.29, 1.82) is 0 Å². The lowest BCUT2D eigenvalue weighted by Crippen LogP contribution is -2.30. The maximum atomic E-state index is 12.7. The molecule has 0 saturated carbocycles. The van der Waals surface area contributed by atoms with Crippen molar-refractivity contribution in [2.75, 3.05) is 11.9 Å². The molecule has 1 fully saturated rings. The molecule has 150 valence electrons. The fraction of sp³-hybridized carbons (Fsp3) is 0.125. The number of amides is 4. The summed E-state index contributed by atoms with van der Waals surface area (Å²) in [6.45, 7) is 0.216. The van der Waals surface area contributed by atoms with E-state index in [2.05, 4.69) is 22.8 Å². The van der Waals surface area contributed by atoms with Gasteiger partial charge >= 0.3 is 6.03 Å². The summed E-state index contributed by atoms with van der Waals surface area (Å²) in [7, 11) is 0. The van der Waals surface area contributed by atoms with Crippen molar-refractivity contribution in [2.45, 2.75) is 13.0 Å². The number of hydrogen-bond acceptors (Lipinski definition) is 3. The van der Waals surface area contributed by atoms with Crippen molar-refractivity contribution < 1.29 is 14.4 Å².